The van der Waals surface area contributed by atoms with Gasteiger partial charge < -0.3 is 4.90 Å². The molecule has 2 aliphatic heterocycles. The van der Waals surface area contributed by atoms with E-state index in [9.17, 15) is 0 Å². The zero-order valence-electron chi connectivity index (χ0n) is 19.1. The van der Waals surface area contributed by atoms with E-state index in [0.29, 0.717) is 17.0 Å². The van der Waals surface area contributed by atoms with Crippen molar-refractivity contribution >= 4 is 0 Å². The highest BCUT2D eigenvalue weighted by molar-refractivity contribution is 4.94. The van der Waals surface area contributed by atoms with Crippen LogP contribution in [0.25, 0.3) is 0 Å². The third-order valence-electron chi connectivity index (χ3n) is 7.64. The lowest BCUT2D eigenvalue weighted by molar-refractivity contribution is -0.00754. The summed E-state index contributed by atoms with van der Waals surface area (Å²) >= 11 is 0. The fraction of sp³-hybridized carbons (Fsp3) is 1.00. The maximum absolute atomic E-state index is 2.77. The van der Waals surface area contributed by atoms with Gasteiger partial charge >= 0.3 is 0 Å². The molecule has 2 heterocycles. The van der Waals surface area contributed by atoms with E-state index in [-0.39, 0.29) is 0 Å². The van der Waals surface area contributed by atoms with E-state index < -0.39 is 0 Å². The molecular weight excluding hydrogens is 318 g/mol. The van der Waals surface area contributed by atoms with Crippen LogP contribution >= 0.6 is 0 Å². The first-order chi connectivity index (χ1) is 12.1. The summed E-state index contributed by atoms with van der Waals surface area (Å²) in [5.74, 6) is 0.874. The molecule has 0 aromatic rings. The summed E-state index contributed by atoms with van der Waals surface area (Å²) in [6.07, 6.45) is 5.36. The Kier molecular flexibility index (Phi) is 7.61. The molecule has 0 radical (unpaired) electrons. The first-order valence-corrected chi connectivity index (χ1v) is 11.3. The summed E-state index contributed by atoms with van der Waals surface area (Å²) in [5, 5.41) is 0. The molecule has 1 unspecified atom stereocenters. The predicted molar refractivity (Wildman–Crippen MR) is 115 cm³/mol. The number of nitrogens with zero attached hydrogens (tertiary/aromatic N) is 3. The molecule has 0 aromatic heterocycles. The lowest BCUT2D eigenvalue weighted by Gasteiger charge is -2.50. The highest BCUT2D eigenvalue weighted by Gasteiger charge is 2.40. The van der Waals surface area contributed by atoms with Gasteiger partial charge in [0, 0.05) is 43.8 Å². The van der Waals surface area contributed by atoms with Crippen LogP contribution in [0.15, 0.2) is 0 Å². The standard InChI is InChI=1S/C23H47N3/c1-9-20(4)25-12-10-21(11-13-25)22(5,6)18-23(7,8)26-16-14-24(15-17-26)19(2)3/h19-21H,9-18H2,1-8H3. The van der Waals surface area contributed by atoms with Gasteiger partial charge in [-0.25, -0.2) is 0 Å². The van der Waals surface area contributed by atoms with Crippen LogP contribution in [0.3, 0.4) is 0 Å². The molecular formula is C23H47N3. The Morgan fingerprint density at radius 3 is 1.81 bits per heavy atom. The highest BCUT2D eigenvalue weighted by Crippen LogP contribution is 2.43. The second kappa shape index (κ2) is 8.92. The van der Waals surface area contributed by atoms with Crippen LogP contribution in [0.1, 0.15) is 81.1 Å². The number of piperidine rings is 1. The number of piperazine rings is 1. The van der Waals surface area contributed by atoms with Gasteiger partial charge in [-0.1, -0.05) is 20.8 Å². The quantitative estimate of drug-likeness (QED) is 0.646. The van der Waals surface area contributed by atoms with Crippen molar-refractivity contribution < 1.29 is 0 Å². The van der Waals surface area contributed by atoms with E-state index in [4.69, 9.17) is 0 Å². The minimum atomic E-state index is 0.306. The maximum atomic E-state index is 2.77. The van der Waals surface area contributed by atoms with Gasteiger partial charge in [-0.15, -0.1) is 0 Å². The van der Waals surface area contributed by atoms with Gasteiger partial charge in [-0.05, 0) is 84.7 Å². The Bertz CT molecular complexity index is 413. The zero-order chi connectivity index (χ0) is 19.5. The van der Waals surface area contributed by atoms with Gasteiger partial charge in [-0.3, -0.25) is 9.80 Å². The van der Waals surface area contributed by atoms with Crippen molar-refractivity contribution in [2.75, 3.05) is 39.3 Å². The number of hydrogen-bond donors (Lipinski definition) is 0. The lowest BCUT2D eigenvalue weighted by Crippen LogP contribution is -2.57. The van der Waals surface area contributed by atoms with E-state index in [1.807, 2.05) is 0 Å². The SMILES string of the molecule is CCC(C)N1CCC(C(C)(C)CC(C)(C)N2CCN(C(C)C)CC2)CC1. The monoisotopic (exact) mass is 365 g/mol. The predicted octanol–water partition coefficient (Wildman–Crippen LogP) is 4.72. The Labute approximate surface area is 164 Å². The molecule has 3 heteroatoms. The summed E-state index contributed by atoms with van der Waals surface area (Å²) in [7, 11) is 0. The number of likely N-dealkylation sites (tertiary alicyclic amines) is 1. The second-order valence-electron chi connectivity index (χ2n) is 10.7. The van der Waals surface area contributed by atoms with E-state index in [1.165, 1.54) is 65.0 Å². The minimum Gasteiger partial charge on any atom is -0.301 e. The molecule has 1 atom stereocenters. The topological polar surface area (TPSA) is 9.72 Å². The van der Waals surface area contributed by atoms with Gasteiger partial charge in [0.25, 0.3) is 0 Å². The van der Waals surface area contributed by atoms with Crippen LogP contribution in [0, 0.1) is 11.3 Å². The lowest BCUT2D eigenvalue weighted by atomic mass is 9.67. The Morgan fingerprint density at radius 1 is 0.808 bits per heavy atom. The number of hydrogen-bond acceptors (Lipinski definition) is 3. The molecule has 2 saturated heterocycles. The van der Waals surface area contributed by atoms with E-state index in [2.05, 4.69) is 70.1 Å². The highest BCUT2D eigenvalue weighted by atomic mass is 15.3. The van der Waals surface area contributed by atoms with Crippen molar-refractivity contribution in [2.24, 2.45) is 11.3 Å². The molecule has 0 saturated carbocycles. The first-order valence-electron chi connectivity index (χ1n) is 11.3. The third kappa shape index (κ3) is 5.45. The van der Waals surface area contributed by atoms with Crippen LogP contribution in [-0.2, 0) is 0 Å². The molecule has 2 fully saturated rings. The van der Waals surface area contributed by atoms with Crippen molar-refractivity contribution in [3.8, 4) is 0 Å². The molecule has 3 nitrogen and oxygen atoms in total. The van der Waals surface area contributed by atoms with Crippen molar-refractivity contribution in [3.05, 3.63) is 0 Å². The van der Waals surface area contributed by atoms with Crippen LogP contribution in [0.2, 0.25) is 0 Å². The second-order valence-corrected chi connectivity index (χ2v) is 10.7. The molecule has 26 heavy (non-hydrogen) atoms. The van der Waals surface area contributed by atoms with Crippen LogP contribution < -0.4 is 0 Å². The van der Waals surface area contributed by atoms with Crippen molar-refractivity contribution in [3.63, 3.8) is 0 Å². The summed E-state index contributed by atoms with van der Waals surface area (Å²) in [6, 6.07) is 1.44. The third-order valence-corrected chi connectivity index (χ3v) is 7.64. The Morgan fingerprint density at radius 2 is 1.35 bits per heavy atom. The fourth-order valence-electron chi connectivity index (χ4n) is 5.59. The molecule has 154 valence electrons. The van der Waals surface area contributed by atoms with Gasteiger partial charge in [0.15, 0.2) is 0 Å². The zero-order valence-corrected chi connectivity index (χ0v) is 19.1. The maximum Gasteiger partial charge on any atom is 0.0159 e. The molecule has 0 N–H and O–H groups in total. The minimum absolute atomic E-state index is 0.306. The molecule has 2 rings (SSSR count). The summed E-state index contributed by atoms with van der Waals surface area (Å²) in [4.78, 5) is 8.10. The van der Waals surface area contributed by atoms with Gasteiger partial charge in [0.2, 0.25) is 0 Å². The fourth-order valence-corrected chi connectivity index (χ4v) is 5.59. The Hall–Kier alpha value is -0.120. The van der Waals surface area contributed by atoms with Crippen molar-refractivity contribution in [1.82, 2.24) is 14.7 Å². The molecule has 0 spiro atoms. The largest absolute Gasteiger partial charge is 0.301 e. The van der Waals surface area contributed by atoms with Crippen LogP contribution in [0.5, 0.6) is 0 Å². The molecule has 0 aromatic carbocycles. The summed E-state index contributed by atoms with van der Waals surface area (Å²) in [6.45, 7) is 27.0. The normalized spacial score (nSPS) is 24.3. The first kappa shape index (κ1) is 22.2. The van der Waals surface area contributed by atoms with Crippen molar-refractivity contribution in [1.29, 1.82) is 0 Å². The number of rotatable bonds is 7. The van der Waals surface area contributed by atoms with Gasteiger partial charge in [-0.2, -0.15) is 0 Å². The smallest absolute Gasteiger partial charge is 0.0159 e. The average Bonchev–Trinajstić information content (AvgIpc) is 2.60. The average molecular weight is 366 g/mol. The summed E-state index contributed by atoms with van der Waals surface area (Å²) < 4.78 is 0. The van der Waals surface area contributed by atoms with Gasteiger partial charge in [0.05, 0.1) is 0 Å². The summed E-state index contributed by atoms with van der Waals surface area (Å²) in [5.41, 5.74) is 0.737. The molecule has 2 aliphatic rings. The Balaban J connectivity index is 1.89. The molecule has 0 amide bonds. The van der Waals surface area contributed by atoms with E-state index >= 15 is 0 Å². The molecule has 0 bridgehead atoms. The van der Waals surface area contributed by atoms with Crippen molar-refractivity contribution in [2.45, 2.75) is 98.7 Å². The van der Waals surface area contributed by atoms with E-state index in [0.717, 1.165) is 12.0 Å². The van der Waals surface area contributed by atoms with Crippen LogP contribution in [-0.4, -0.2) is 71.6 Å². The van der Waals surface area contributed by atoms with Gasteiger partial charge in [0.1, 0.15) is 0 Å². The molecule has 0 aliphatic carbocycles. The van der Waals surface area contributed by atoms with E-state index in [1.54, 1.807) is 0 Å². The van der Waals surface area contributed by atoms with Crippen LogP contribution in [0.4, 0.5) is 0 Å².